The van der Waals surface area contributed by atoms with E-state index in [1.807, 2.05) is 55.5 Å². The van der Waals surface area contributed by atoms with E-state index in [-0.39, 0.29) is 11.3 Å². The summed E-state index contributed by atoms with van der Waals surface area (Å²) in [5.74, 6) is -1.30. The average Bonchev–Trinajstić information content (AvgIpc) is 3.58. The van der Waals surface area contributed by atoms with E-state index in [1.165, 1.54) is 12.0 Å². The Labute approximate surface area is 206 Å². The number of benzene rings is 3. The molecule has 0 bridgehead atoms. The minimum absolute atomic E-state index is 0.0137. The molecule has 0 aliphatic carbocycles. The summed E-state index contributed by atoms with van der Waals surface area (Å²) in [5.41, 5.74) is 3.46. The molecule has 0 saturated carbocycles. The van der Waals surface area contributed by atoms with Crippen LogP contribution < -0.4 is 9.64 Å². The van der Waals surface area contributed by atoms with Gasteiger partial charge in [0.05, 0.1) is 18.7 Å². The van der Waals surface area contributed by atoms with Crippen molar-refractivity contribution >= 4 is 39.2 Å². The van der Waals surface area contributed by atoms with Gasteiger partial charge in [0.25, 0.3) is 5.91 Å². The van der Waals surface area contributed by atoms with Gasteiger partial charge in [-0.2, -0.15) is 0 Å². The number of nitrogens with zero attached hydrogens (tertiary/aromatic N) is 1. The van der Waals surface area contributed by atoms with Crippen LogP contribution in [0, 0.1) is 6.92 Å². The van der Waals surface area contributed by atoms with Crippen molar-refractivity contribution < 1.29 is 23.8 Å². The smallest absolute Gasteiger partial charge is 0.294 e. The van der Waals surface area contributed by atoms with Gasteiger partial charge in [-0.05, 0) is 42.8 Å². The molecule has 0 saturated heterocycles. The minimum atomic E-state index is -0.863. The second kappa shape index (κ2) is 8.16. The van der Waals surface area contributed by atoms with Gasteiger partial charge in [-0.15, -0.1) is 0 Å². The first kappa shape index (κ1) is 21.7. The number of carbonyl (C=O) groups excluding carboxylic acids is 2. The Morgan fingerprint density at radius 1 is 1.06 bits per heavy atom. The summed E-state index contributed by atoms with van der Waals surface area (Å²) in [6.45, 7) is 1.92. The van der Waals surface area contributed by atoms with Gasteiger partial charge in [0.1, 0.15) is 0 Å². The van der Waals surface area contributed by atoms with Crippen LogP contribution in [0.25, 0.3) is 21.9 Å². The lowest BCUT2D eigenvalue weighted by molar-refractivity contribution is -0.117. The van der Waals surface area contributed by atoms with Crippen LogP contribution >= 0.6 is 0 Å². The predicted molar refractivity (Wildman–Crippen MR) is 136 cm³/mol. The lowest BCUT2D eigenvalue weighted by atomic mass is 9.94. The van der Waals surface area contributed by atoms with Crippen LogP contribution in [0.3, 0.4) is 0 Å². The number of Topliss-reactive ketones (excluding diaryl/α,β-unsaturated/α-hetero) is 1. The van der Waals surface area contributed by atoms with Crippen LogP contribution in [-0.4, -0.2) is 28.9 Å². The largest absolute Gasteiger partial charge is 0.503 e. The Hall–Kier alpha value is -4.78. The number of methoxy groups -OCH3 is 1. The quantitative estimate of drug-likeness (QED) is 0.302. The van der Waals surface area contributed by atoms with E-state index in [9.17, 15) is 14.7 Å². The summed E-state index contributed by atoms with van der Waals surface area (Å²) in [6.07, 6.45) is 1.78. The van der Waals surface area contributed by atoms with Crippen molar-refractivity contribution in [1.29, 1.82) is 0 Å². The second-order valence-electron chi connectivity index (χ2n) is 8.79. The number of H-pyrrole nitrogens is 1. The maximum absolute atomic E-state index is 13.9. The zero-order chi connectivity index (χ0) is 25.0. The standard InChI is InChI=1S/C29H22N2O5/c1-16-7-5-9-18(13-16)31-25(20-15-30-21-11-4-3-10-19(20)21)24(27(33)29(31)34)26(32)23-14-17-8-6-12-22(35-2)28(17)36-23/h3-15,25,30,33H,1-2H3. The summed E-state index contributed by atoms with van der Waals surface area (Å²) >= 11 is 0. The third-order valence-corrected chi connectivity index (χ3v) is 6.60. The van der Waals surface area contributed by atoms with E-state index in [0.717, 1.165) is 16.5 Å². The molecule has 5 aromatic rings. The van der Waals surface area contributed by atoms with E-state index in [1.54, 1.807) is 30.5 Å². The molecule has 1 aliphatic heterocycles. The Morgan fingerprint density at radius 2 is 1.86 bits per heavy atom. The summed E-state index contributed by atoms with van der Waals surface area (Å²) in [6, 6.07) is 21.1. The number of aliphatic hydroxyl groups excluding tert-OH is 1. The Kier molecular flexibility index (Phi) is 4.93. The Balaban J connectivity index is 1.55. The number of carbonyl (C=O) groups is 2. The SMILES string of the molecule is COc1cccc2cc(C(=O)C3=C(O)C(=O)N(c4cccc(C)c4)C3c3c[nH]c4ccccc34)oc12. The van der Waals surface area contributed by atoms with Gasteiger partial charge < -0.3 is 19.2 Å². The predicted octanol–water partition coefficient (Wildman–Crippen LogP) is 6.01. The number of aryl methyl sites for hydroxylation is 1. The number of anilines is 1. The number of rotatable bonds is 5. The first-order valence-electron chi connectivity index (χ1n) is 11.5. The number of para-hydroxylation sites is 2. The van der Waals surface area contributed by atoms with Gasteiger partial charge in [0.2, 0.25) is 5.78 Å². The molecule has 0 fully saturated rings. The van der Waals surface area contributed by atoms with Crippen molar-refractivity contribution in [2.24, 2.45) is 0 Å². The second-order valence-corrected chi connectivity index (χ2v) is 8.79. The maximum Gasteiger partial charge on any atom is 0.294 e. The Bertz CT molecular complexity index is 1710. The number of amides is 1. The molecule has 36 heavy (non-hydrogen) atoms. The van der Waals surface area contributed by atoms with Crippen LogP contribution in [0.4, 0.5) is 5.69 Å². The molecule has 0 radical (unpaired) electrons. The maximum atomic E-state index is 13.9. The van der Waals surface area contributed by atoms with Crippen LogP contribution in [0.5, 0.6) is 5.75 Å². The number of aromatic nitrogens is 1. The van der Waals surface area contributed by atoms with Gasteiger partial charge in [-0.25, -0.2) is 0 Å². The van der Waals surface area contributed by atoms with E-state index in [2.05, 4.69) is 4.98 Å². The van der Waals surface area contributed by atoms with Gasteiger partial charge in [-0.1, -0.05) is 42.5 Å². The van der Waals surface area contributed by atoms with Crippen molar-refractivity contribution in [1.82, 2.24) is 4.98 Å². The molecule has 1 amide bonds. The van der Waals surface area contributed by atoms with Crippen molar-refractivity contribution in [3.63, 3.8) is 0 Å². The molecule has 0 spiro atoms. The molecule has 2 aromatic heterocycles. The Morgan fingerprint density at radius 3 is 2.67 bits per heavy atom. The third kappa shape index (κ3) is 3.20. The van der Waals surface area contributed by atoms with E-state index in [4.69, 9.17) is 9.15 Å². The highest BCUT2D eigenvalue weighted by Gasteiger charge is 2.46. The number of nitrogens with one attached hydrogen (secondary N) is 1. The van der Waals surface area contributed by atoms with Crippen molar-refractivity contribution in [3.05, 3.63) is 107 Å². The van der Waals surface area contributed by atoms with Crippen LogP contribution in [0.15, 0.2) is 94.7 Å². The zero-order valence-corrected chi connectivity index (χ0v) is 19.6. The molecule has 1 unspecified atom stereocenters. The molecule has 7 heteroatoms. The minimum Gasteiger partial charge on any atom is -0.503 e. The number of ketones is 1. The van der Waals surface area contributed by atoms with Crippen LogP contribution in [0.1, 0.15) is 27.7 Å². The lowest BCUT2D eigenvalue weighted by Crippen LogP contribution is -2.31. The number of hydrogen-bond acceptors (Lipinski definition) is 5. The molecule has 3 heterocycles. The molecule has 7 nitrogen and oxygen atoms in total. The van der Waals surface area contributed by atoms with E-state index < -0.39 is 23.5 Å². The number of furan rings is 1. The summed E-state index contributed by atoms with van der Waals surface area (Å²) in [4.78, 5) is 32.1. The van der Waals surface area contributed by atoms with Crippen molar-refractivity contribution in [3.8, 4) is 5.75 Å². The molecular weight excluding hydrogens is 456 g/mol. The number of hydrogen-bond donors (Lipinski definition) is 2. The number of aromatic amines is 1. The third-order valence-electron chi connectivity index (χ3n) is 6.60. The first-order chi connectivity index (χ1) is 17.5. The first-order valence-corrected chi connectivity index (χ1v) is 11.5. The number of ether oxygens (including phenoxy) is 1. The highest BCUT2D eigenvalue weighted by Crippen LogP contribution is 2.44. The summed E-state index contributed by atoms with van der Waals surface area (Å²) in [7, 11) is 1.52. The highest BCUT2D eigenvalue weighted by atomic mass is 16.5. The molecule has 178 valence electrons. The average molecular weight is 479 g/mol. The van der Waals surface area contributed by atoms with Crippen molar-refractivity contribution in [2.75, 3.05) is 12.0 Å². The molecule has 3 aromatic carbocycles. The fraction of sp³-hybridized carbons (Fsp3) is 0.103. The van der Waals surface area contributed by atoms with Gasteiger partial charge in [-0.3, -0.25) is 14.5 Å². The molecule has 2 N–H and O–H groups in total. The monoisotopic (exact) mass is 478 g/mol. The molecule has 1 atom stereocenters. The fourth-order valence-electron chi connectivity index (χ4n) is 4.94. The topological polar surface area (TPSA) is 95.8 Å². The molecule has 6 rings (SSSR count). The van der Waals surface area contributed by atoms with E-state index in [0.29, 0.717) is 28.0 Å². The van der Waals surface area contributed by atoms with Crippen molar-refractivity contribution in [2.45, 2.75) is 13.0 Å². The number of fused-ring (bicyclic) bond motifs is 2. The van der Waals surface area contributed by atoms with Crippen LogP contribution in [-0.2, 0) is 4.79 Å². The van der Waals surface area contributed by atoms with Crippen LogP contribution in [0.2, 0.25) is 0 Å². The normalized spacial score (nSPS) is 15.9. The number of aliphatic hydroxyl groups is 1. The zero-order valence-electron chi connectivity index (χ0n) is 19.6. The van der Waals surface area contributed by atoms with Gasteiger partial charge in [0.15, 0.2) is 22.9 Å². The molecular formula is C29H22N2O5. The van der Waals surface area contributed by atoms with Gasteiger partial charge >= 0.3 is 0 Å². The molecule has 1 aliphatic rings. The van der Waals surface area contributed by atoms with E-state index >= 15 is 0 Å². The highest BCUT2D eigenvalue weighted by molar-refractivity contribution is 6.21. The fourth-order valence-corrected chi connectivity index (χ4v) is 4.94. The summed E-state index contributed by atoms with van der Waals surface area (Å²) in [5, 5.41) is 12.6. The summed E-state index contributed by atoms with van der Waals surface area (Å²) < 4.78 is 11.3. The lowest BCUT2D eigenvalue weighted by Gasteiger charge is -2.26. The van der Waals surface area contributed by atoms with Gasteiger partial charge in [0, 0.05) is 33.7 Å².